The second-order valence-electron chi connectivity index (χ2n) is 6.05. The van der Waals surface area contributed by atoms with E-state index >= 15 is 0 Å². The fourth-order valence-electron chi connectivity index (χ4n) is 3.31. The number of morpholine rings is 1. The van der Waals surface area contributed by atoms with Crippen LogP contribution in [0.3, 0.4) is 0 Å². The molecule has 0 spiro atoms. The van der Waals surface area contributed by atoms with Crippen molar-refractivity contribution in [3.8, 4) is 5.75 Å². The summed E-state index contributed by atoms with van der Waals surface area (Å²) in [5.41, 5.74) is 4.00. The van der Waals surface area contributed by atoms with Crippen LogP contribution in [0.4, 0.5) is 0 Å². The summed E-state index contributed by atoms with van der Waals surface area (Å²) in [7, 11) is 0. The van der Waals surface area contributed by atoms with E-state index in [-0.39, 0.29) is 6.10 Å². The molecule has 2 aliphatic rings. The molecule has 3 nitrogen and oxygen atoms in total. The van der Waals surface area contributed by atoms with E-state index in [1.165, 1.54) is 16.7 Å². The zero-order chi connectivity index (χ0) is 14.8. The first-order valence-electron chi connectivity index (χ1n) is 8.02. The Morgan fingerprint density at radius 1 is 1.05 bits per heavy atom. The lowest BCUT2D eigenvalue weighted by Gasteiger charge is -2.33. The van der Waals surface area contributed by atoms with E-state index in [0.717, 1.165) is 45.0 Å². The summed E-state index contributed by atoms with van der Waals surface area (Å²) in [6.07, 6.45) is 1.23. The lowest BCUT2D eigenvalue weighted by atomic mass is 10.1. The molecule has 1 saturated heterocycles. The predicted octanol–water partition coefficient (Wildman–Crippen LogP) is 3.20. The number of ether oxygens (including phenoxy) is 2. The summed E-state index contributed by atoms with van der Waals surface area (Å²) in [6.45, 7) is 4.56. The van der Waals surface area contributed by atoms with Gasteiger partial charge in [0.05, 0.1) is 19.3 Å². The van der Waals surface area contributed by atoms with Crippen molar-refractivity contribution >= 4 is 0 Å². The first-order chi connectivity index (χ1) is 10.9. The highest BCUT2D eigenvalue weighted by Gasteiger charge is 2.22. The molecule has 1 atom stereocenters. The van der Waals surface area contributed by atoms with Crippen LogP contribution in [-0.4, -0.2) is 31.2 Å². The standard InChI is InChI=1S/C19H21NO2/c1-2-4-16(5-3-1)19-14-20(9-11-22-19)13-15-6-7-18-17(12-15)8-10-21-18/h1-7,12,19H,8-11,13-14H2. The molecule has 3 heteroatoms. The summed E-state index contributed by atoms with van der Waals surface area (Å²) in [6, 6.07) is 17.1. The minimum Gasteiger partial charge on any atom is -0.493 e. The maximum Gasteiger partial charge on any atom is 0.122 e. The highest BCUT2D eigenvalue weighted by molar-refractivity contribution is 5.39. The molecule has 0 aliphatic carbocycles. The molecule has 114 valence electrons. The van der Waals surface area contributed by atoms with Crippen LogP contribution in [0.5, 0.6) is 5.75 Å². The summed E-state index contributed by atoms with van der Waals surface area (Å²) >= 11 is 0. The third-order valence-electron chi connectivity index (χ3n) is 4.48. The van der Waals surface area contributed by atoms with E-state index in [1.807, 2.05) is 0 Å². The van der Waals surface area contributed by atoms with E-state index in [2.05, 4.69) is 53.4 Å². The molecule has 0 amide bonds. The topological polar surface area (TPSA) is 21.7 Å². The number of fused-ring (bicyclic) bond motifs is 1. The van der Waals surface area contributed by atoms with E-state index in [1.54, 1.807) is 0 Å². The summed E-state index contributed by atoms with van der Waals surface area (Å²) in [5, 5.41) is 0. The van der Waals surface area contributed by atoms with E-state index in [4.69, 9.17) is 9.47 Å². The van der Waals surface area contributed by atoms with Gasteiger partial charge < -0.3 is 9.47 Å². The van der Waals surface area contributed by atoms with Crippen molar-refractivity contribution in [2.75, 3.05) is 26.3 Å². The summed E-state index contributed by atoms with van der Waals surface area (Å²) < 4.78 is 11.5. The molecule has 1 unspecified atom stereocenters. The van der Waals surface area contributed by atoms with Crippen molar-refractivity contribution in [1.82, 2.24) is 4.90 Å². The molecule has 0 radical (unpaired) electrons. The highest BCUT2D eigenvalue weighted by Crippen LogP contribution is 2.27. The van der Waals surface area contributed by atoms with Gasteiger partial charge in [-0.15, -0.1) is 0 Å². The van der Waals surface area contributed by atoms with E-state index in [9.17, 15) is 0 Å². The molecular formula is C19H21NO2. The Morgan fingerprint density at radius 2 is 1.95 bits per heavy atom. The van der Waals surface area contributed by atoms with E-state index in [0.29, 0.717) is 0 Å². The zero-order valence-corrected chi connectivity index (χ0v) is 12.7. The minimum atomic E-state index is 0.188. The van der Waals surface area contributed by atoms with Crippen LogP contribution in [0.15, 0.2) is 48.5 Å². The predicted molar refractivity (Wildman–Crippen MR) is 86.1 cm³/mol. The quantitative estimate of drug-likeness (QED) is 0.868. The van der Waals surface area contributed by atoms with Crippen LogP contribution >= 0.6 is 0 Å². The van der Waals surface area contributed by atoms with Gasteiger partial charge in [-0.1, -0.05) is 42.5 Å². The summed E-state index contributed by atoms with van der Waals surface area (Å²) in [4.78, 5) is 2.48. The van der Waals surface area contributed by atoms with Gasteiger partial charge in [-0.2, -0.15) is 0 Å². The van der Waals surface area contributed by atoms with Gasteiger partial charge in [-0.05, 0) is 22.8 Å². The maximum absolute atomic E-state index is 5.94. The van der Waals surface area contributed by atoms with Crippen molar-refractivity contribution in [2.45, 2.75) is 19.1 Å². The lowest BCUT2D eigenvalue weighted by Crippen LogP contribution is -2.37. The Kier molecular flexibility index (Phi) is 3.83. The number of rotatable bonds is 3. The monoisotopic (exact) mass is 295 g/mol. The highest BCUT2D eigenvalue weighted by atomic mass is 16.5. The minimum absolute atomic E-state index is 0.188. The van der Waals surface area contributed by atoms with Gasteiger partial charge in [0.1, 0.15) is 5.75 Å². The molecule has 2 aromatic carbocycles. The van der Waals surface area contributed by atoms with Gasteiger partial charge in [-0.3, -0.25) is 4.90 Å². The first-order valence-corrected chi connectivity index (χ1v) is 8.02. The fourth-order valence-corrected chi connectivity index (χ4v) is 3.31. The van der Waals surface area contributed by atoms with Crippen LogP contribution in [0.25, 0.3) is 0 Å². The molecule has 2 heterocycles. The molecule has 0 N–H and O–H groups in total. The molecule has 4 rings (SSSR count). The average molecular weight is 295 g/mol. The Bertz CT molecular complexity index is 641. The third-order valence-corrected chi connectivity index (χ3v) is 4.48. The molecular weight excluding hydrogens is 274 g/mol. The van der Waals surface area contributed by atoms with Crippen molar-refractivity contribution in [2.24, 2.45) is 0 Å². The zero-order valence-electron chi connectivity index (χ0n) is 12.7. The number of nitrogens with zero attached hydrogens (tertiary/aromatic N) is 1. The Morgan fingerprint density at radius 3 is 2.86 bits per heavy atom. The maximum atomic E-state index is 5.94. The Hall–Kier alpha value is -1.84. The second kappa shape index (κ2) is 6.11. The molecule has 0 bridgehead atoms. The van der Waals surface area contributed by atoms with Crippen molar-refractivity contribution in [3.05, 3.63) is 65.2 Å². The first kappa shape index (κ1) is 13.8. The number of hydrogen-bond donors (Lipinski definition) is 0. The molecule has 22 heavy (non-hydrogen) atoms. The number of benzene rings is 2. The van der Waals surface area contributed by atoms with Crippen LogP contribution in [0, 0.1) is 0 Å². The van der Waals surface area contributed by atoms with Crippen LogP contribution in [0.1, 0.15) is 22.8 Å². The second-order valence-corrected chi connectivity index (χ2v) is 6.05. The van der Waals surface area contributed by atoms with Crippen molar-refractivity contribution in [3.63, 3.8) is 0 Å². The smallest absolute Gasteiger partial charge is 0.122 e. The van der Waals surface area contributed by atoms with Crippen LogP contribution in [0.2, 0.25) is 0 Å². The Labute approximate surface area is 131 Å². The van der Waals surface area contributed by atoms with Gasteiger partial charge in [0, 0.05) is 26.1 Å². The van der Waals surface area contributed by atoms with Crippen molar-refractivity contribution in [1.29, 1.82) is 0 Å². The normalized spacial score (nSPS) is 21.4. The molecule has 2 aliphatic heterocycles. The third kappa shape index (κ3) is 2.87. The largest absolute Gasteiger partial charge is 0.493 e. The van der Waals surface area contributed by atoms with Crippen LogP contribution in [-0.2, 0) is 17.7 Å². The SMILES string of the molecule is c1ccc(C2CN(Cc3ccc4c(c3)CCO4)CCO2)cc1. The molecule has 1 fully saturated rings. The molecule has 0 saturated carbocycles. The van der Waals surface area contributed by atoms with Crippen molar-refractivity contribution < 1.29 is 9.47 Å². The summed E-state index contributed by atoms with van der Waals surface area (Å²) in [5.74, 6) is 1.06. The molecule has 0 aromatic heterocycles. The Balaban J connectivity index is 1.44. The number of hydrogen-bond acceptors (Lipinski definition) is 3. The molecule has 2 aromatic rings. The van der Waals surface area contributed by atoms with Gasteiger partial charge in [-0.25, -0.2) is 0 Å². The van der Waals surface area contributed by atoms with Crippen LogP contribution < -0.4 is 4.74 Å². The average Bonchev–Trinajstić information content (AvgIpc) is 3.04. The van der Waals surface area contributed by atoms with Gasteiger partial charge in [0.25, 0.3) is 0 Å². The van der Waals surface area contributed by atoms with E-state index < -0.39 is 0 Å². The van der Waals surface area contributed by atoms with Gasteiger partial charge in [0.2, 0.25) is 0 Å². The lowest BCUT2D eigenvalue weighted by molar-refractivity contribution is -0.0329. The van der Waals surface area contributed by atoms with Gasteiger partial charge >= 0.3 is 0 Å². The fraction of sp³-hybridized carbons (Fsp3) is 0.368. The van der Waals surface area contributed by atoms with Gasteiger partial charge in [0.15, 0.2) is 0 Å².